The highest BCUT2D eigenvalue weighted by molar-refractivity contribution is 5.20. The molecule has 0 N–H and O–H groups in total. The highest BCUT2D eigenvalue weighted by Crippen LogP contribution is 2.18. The van der Waals surface area contributed by atoms with Gasteiger partial charge in [-0.2, -0.15) is 13.2 Å². The first-order valence-corrected chi connectivity index (χ1v) is 3.34. The fraction of sp³-hybridized carbons (Fsp3) is 0.250. The maximum Gasteiger partial charge on any atom is 0.422 e. The van der Waals surface area contributed by atoms with Crippen molar-refractivity contribution in [2.24, 2.45) is 0 Å². The number of hydrogen-bond donors (Lipinski definition) is 0. The van der Waals surface area contributed by atoms with Gasteiger partial charge in [-0.3, -0.25) is 0 Å². The smallest absolute Gasteiger partial charge is 0.422 e. The van der Waals surface area contributed by atoms with Crippen LogP contribution in [0.15, 0.2) is 18.2 Å². The van der Waals surface area contributed by atoms with E-state index < -0.39 is 18.6 Å². The minimum Gasteiger partial charge on any atom is -0.483 e. The second-order valence-electron chi connectivity index (χ2n) is 2.27. The Bertz CT molecular complexity index is 282. The molecule has 1 radical (unpaired) electrons. The van der Waals surface area contributed by atoms with E-state index in [9.17, 15) is 17.6 Å². The Morgan fingerprint density at radius 2 is 2.08 bits per heavy atom. The molecular formula is C8H5F4O. The van der Waals surface area contributed by atoms with E-state index >= 15 is 0 Å². The summed E-state index contributed by atoms with van der Waals surface area (Å²) in [6.45, 7) is -1.44. The van der Waals surface area contributed by atoms with Gasteiger partial charge in [0.05, 0.1) is 0 Å². The molecule has 1 rings (SSSR count). The van der Waals surface area contributed by atoms with Gasteiger partial charge in [0.1, 0.15) is 11.6 Å². The van der Waals surface area contributed by atoms with Crippen molar-refractivity contribution >= 4 is 0 Å². The second-order valence-corrected chi connectivity index (χ2v) is 2.27. The number of alkyl halides is 3. The first kappa shape index (κ1) is 9.83. The van der Waals surface area contributed by atoms with Gasteiger partial charge in [-0.1, -0.05) is 0 Å². The van der Waals surface area contributed by atoms with E-state index in [2.05, 4.69) is 10.8 Å². The van der Waals surface area contributed by atoms with Crippen LogP contribution in [0.25, 0.3) is 0 Å². The summed E-state index contributed by atoms with van der Waals surface area (Å²) in [6.07, 6.45) is -4.42. The number of rotatable bonds is 2. The third kappa shape index (κ3) is 3.78. The molecule has 0 amide bonds. The average molecular weight is 193 g/mol. The van der Waals surface area contributed by atoms with Crippen molar-refractivity contribution < 1.29 is 22.3 Å². The first-order valence-electron chi connectivity index (χ1n) is 3.34. The summed E-state index contributed by atoms with van der Waals surface area (Å²) in [5.41, 5.74) is 0. The summed E-state index contributed by atoms with van der Waals surface area (Å²) in [7, 11) is 0. The molecule has 0 heterocycles. The van der Waals surface area contributed by atoms with Crippen molar-refractivity contribution in [2.75, 3.05) is 6.61 Å². The summed E-state index contributed by atoms with van der Waals surface area (Å²) in [6, 6.07) is 5.38. The predicted octanol–water partition coefficient (Wildman–Crippen LogP) is 2.57. The van der Waals surface area contributed by atoms with Crippen LogP contribution in [0.4, 0.5) is 17.6 Å². The Labute approximate surface area is 71.9 Å². The van der Waals surface area contributed by atoms with Crippen LogP contribution in [0.5, 0.6) is 5.75 Å². The monoisotopic (exact) mass is 193 g/mol. The summed E-state index contributed by atoms with van der Waals surface area (Å²) in [4.78, 5) is 0. The average Bonchev–Trinajstić information content (AvgIpc) is 2.00. The summed E-state index contributed by atoms with van der Waals surface area (Å²) in [5.74, 6) is -0.909. The van der Waals surface area contributed by atoms with Gasteiger partial charge >= 0.3 is 6.18 Å². The van der Waals surface area contributed by atoms with E-state index in [1.165, 1.54) is 0 Å². The molecule has 0 saturated carbocycles. The summed E-state index contributed by atoms with van der Waals surface area (Å²) in [5, 5.41) is 0. The van der Waals surface area contributed by atoms with E-state index in [0.717, 1.165) is 18.2 Å². The van der Waals surface area contributed by atoms with Gasteiger partial charge in [0.2, 0.25) is 0 Å². The zero-order chi connectivity index (χ0) is 9.90. The molecule has 0 spiro atoms. The van der Waals surface area contributed by atoms with Gasteiger partial charge in [-0.15, -0.1) is 0 Å². The Morgan fingerprint density at radius 1 is 1.38 bits per heavy atom. The minimum absolute atomic E-state index is 0.252. The molecule has 0 unspecified atom stereocenters. The van der Waals surface area contributed by atoms with Gasteiger partial charge in [0, 0.05) is 12.1 Å². The Hall–Kier alpha value is -1.26. The molecule has 5 heteroatoms. The lowest BCUT2D eigenvalue weighted by Gasteiger charge is -2.08. The third-order valence-corrected chi connectivity index (χ3v) is 1.13. The maximum atomic E-state index is 12.4. The third-order valence-electron chi connectivity index (χ3n) is 1.13. The van der Waals surface area contributed by atoms with Crippen molar-refractivity contribution in [1.29, 1.82) is 0 Å². The zero-order valence-corrected chi connectivity index (χ0v) is 6.36. The van der Waals surface area contributed by atoms with E-state index in [1.807, 2.05) is 0 Å². The topological polar surface area (TPSA) is 9.23 Å². The quantitative estimate of drug-likeness (QED) is 0.656. The maximum absolute atomic E-state index is 12.4. The highest BCUT2D eigenvalue weighted by Gasteiger charge is 2.28. The zero-order valence-electron chi connectivity index (χ0n) is 6.36. The van der Waals surface area contributed by atoms with Crippen LogP contribution in [0.2, 0.25) is 0 Å². The number of ether oxygens (including phenoxy) is 1. The Morgan fingerprint density at radius 3 is 2.62 bits per heavy atom. The Balaban J connectivity index is 2.55. The van der Waals surface area contributed by atoms with Gasteiger partial charge in [0.15, 0.2) is 6.61 Å². The molecule has 1 aromatic carbocycles. The van der Waals surface area contributed by atoms with E-state index in [1.54, 1.807) is 0 Å². The molecule has 0 aliphatic carbocycles. The molecular weight excluding hydrogens is 188 g/mol. The van der Waals surface area contributed by atoms with Crippen molar-refractivity contribution in [1.82, 2.24) is 0 Å². The van der Waals surface area contributed by atoms with Crippen molar-refractivity contribution in [3.8, 4) is 5.75 Å². The normalized spacial score (nSPS) is 11.4. The van der Waals surface area contributed by atoms with Gasteiger partial charge in [-0.25, -0.2) is 4.39 Å². The highest BCUT2D eigenvalue weighted by atomic mass is 19.4. The Kier molecular flexibility index (Phi) is 2.75. The van der Waals surface area contributed by atoms with Crippen LogP contribution in [0, 0.1) is 11.9 Å². The first-order chi connectivity index (χ1) is 5.97. The van der Waals surface area contributed by atoms with Crippen molar-refractivity contribution in [2.45, 2.75) is 6.18 Å². The summed E-state index contributed by atoms with van der Waals surface area (Å²) < 4.78 is 51.5. The molecule has 1 aromatic rings. The molecule has 71 valence electrons. The van der Waals surface area contributed by atoms with Gasteiger partial charge < -0.3 is 4.74 Å². The van der Waals surface area contributed by atoms with E-state index in [-0.39, 0.29) is 5.75 Å². The standard InChI is InChI=1S/C8H5F4O/c9-6-2-1-3-7(4-6)13-5-8(10,11)12/h1-2,4H,5H2. The van der Waals surface area contributed by atoms with Crippen LogP contribution >= 0.6 is 0 Å². The number of benzene rings is 1. The SMILES string of the molecule is Fc1cc[c]c(OCC(F)(F)F)c1. The lowest BCUT2D eigenvalue weighted by atomic mass is 10.3. The molecule has 0 fully saturated rings. The summed E-state index contributed by atoms with van der Waals surface area (Å²) >= 11 is 0. The van der Waals surface area contributed by atoms with Crippen LogP contribution in [0.3, 0.4) is 0 Å². The fourth-order valence-corrected chi connectivity index (χ4v) is 0.661. The van der Waals surface area contributed by atoms with Crippen LogP contribution in [-0.2, 0) is 0 Å². The molecule has 0 bridgehead atoms. The van der Waals surface area contributed by atoms with Gasteiger partial charge in [-0.05, 0) is 12.1 Å². The molecule has 0 aliphatic rings. The van der Waals surface area contributed by atoms with E-state index in [0.29, 0.717) is 0 Å². The molecule has 0 saturated heterocycles. The molecule has 0 atom stereocenters. The fourth-order valence-electron chi connectivity index (χ4n) is 0.661. The largest absolute Gasteiger partial charge is 0.483 e. The van der Waals surface area contributed by atoms with Gasteiger partial charge in [0.25, 0.3) is 0 Å². The van der Waals surface area contributed by atoms with Crippen LogP contribution in [-0.4, -0.2) is 12.8 Å². The molecule has 0 aliphatic heterocycles. The molecule has 0 aromatic heterocycles. The predicted molar refractivity (Wildman–Crippen MR) is 36.8 cm³/mol. The molecule has 1 nitrogen and oxygen atoms in total. The number of hydrogen-bond acceptors (Lipinski definition) is 1. The molecule has 13 heavy (non-hydrogen) atoms. The number of halogens is 4. The van der Waals surface area contributed by atoms with Crippen molar-refractivity contribution in [3.05, 3.63) is 30.1 Å². The minimum atomic E-state index is -4.42. The van der Waals surface area contributed by atoms with E-state index in [4.69, 9.17) is 0 Å². The lowest BCUT2D eigenvalue weighted by molar-refractivity contribution is -0.153. The lowest BCUT2D eigenvalue weighted by Crippen LogP contribution is -2.19. The van der Waals surface area contributed by atoms with Crippen LogP contribution < -0.4 is 4.74 Å². The second kappa shape index (κ2) is 3.64. The van der Waals surface area contributed by atoms with Crippen molar-refractivity contribution in [3.63, 3.8) is 0 Å². The van der Waals surface area contributed by atoms with Crippen LogP contribution in [0.1, 0.15) is 0 Å².